The Bertz CT molecular complexity index is 782. The van der Waals surface area contributed by atoms with Crippen molar-refractivity contribution in [1.82, 2.24) is 4.90 Å². The number of nitrogens with zero attached hydrogens (tertiary/aromatic N) is 2. The van der Waals surface area contributed by atoms with Gasteiger partial charge in [-0.2, -0.15) is 0 Å². The fourth-order valence-electron chi connectivity index (χ4n) is 3.23. The Labute approximate surface area is 161 Å². The third-order valence-electron chi connectivity index (χ3n) is 4.69. The average molecular weight is 364 g/mol. The summed E-state index contributed by atoms with van der Waals surface area (Å²) in [7, 11) is 0. The number of carbonyl (C=O) groups excluding carboxylic acids is 1. The molecule has 27 heavy (non-hydrogen) atoms. The molecule has 1 amide bonds. The number of carbonyl (C=O) groups is 1. The molecule has 4 heteroatoms. The standard InChI is InChI=1S/C23H28N2O2/c1-17(2)13-23(26)25(15-19-7-5-4-6-8-19)16-21-14-22(24-27-21)20-11-9-18(3)10-12-20/h4-12,17,21H,13-16H2,1-3H3/t21-/m0/s1. The van der Waals surface area contributed by atoms with Crippen molar-refractivity contribution in [2.45, 2.75) is 46.3 Å². The summed E-state index contributed by atoms with van der Waals surface area (Å²) in [6.07, 6.45) is 1.18. The maximum atomic E-state index is 12.8. The van der Waals surface area contributed by atoms with Gasteiger partial charge in [-0.3, -0.25) is 4.79 Å². The molecule has 1 atom stereocenters. The van der Waals surface area contributed by atoms with Crippen LogP contribution in [0.15, 0.2) is 59.8 Å². The molecular formula is C23H28N2O2. The van der Waals surface area contributed by atoms with Gasteiger partial charge >= 0.3 is 0 Å². The Hall–Kier alpha value is -2.62. The lowest BCUT2D eigenvalue weighted by Gasteiger charge is -2.26. The van der Waals surface area contributed by atoms with Crippen LogP contribution in [0.4, 0.5) is 0 Å². The van der Waals surface area contributed by atoms with Crippen LogP contribution in [0.3, 0.4) is 0 Å². The Morgan fingerprint density at radius 1 is 1.15 bits per heavy atom. The lowest BCUT2D eigenvalue weighted by Crippen LogP contribution is -2.37. The van der Waals surface area contributed by atoms with E-state index >= 15 is 0 Å². The molecule has 0 bridgehead atoms. The van der Waals surface area contributed by atoms with E-state index < -0.39 is 0 Å². The van der Waals surface area contributed by atoms with Crippen molar-refractivity contribution in [2.75, 3.05) is 6.54 Å². The van der Waals surface area contributed by atoms with Gasteiger partial charge in [-0.15, -0.1) is 0 Å². The monoisotopic (exact) mass is 364 g/mol. The summed E-state index contributed by atoms with van der Waals surface area (Å²) < 4.78 is 0. The van der Waals surface area contributed by atoms with E-state index in [1.807, 2.05) is 23.1 Å². The lowest BCUT2D eigenvalue weighted by atomic mass is 10.0. The molecule has 3 rings (SSSR count). The van der Waals surface area contributed by atoms with E-state index in [2.05, 4.69) is 62.3 Å². The molecule has 1 aliphatic rings. The second kappa shape index (κ2) is 8.85. The molecule has 2 aromatic rings. The molecule has 142 valence electrons. The van der Waals surface area contributed by atoms with Crippen LogP contribution in [0.25, 0.3) is 0 Å². The summed E-state index contributed by atoms with van der Waals surface area (Å²) in [5.74, 6) is 0.501. The number of oxime groups is 1. The van der Waals surface area contributed by atoms with Gasteiger partial charge in [-0.05, 0) is 24.0 Å². The zero-order valence-electron chi connectivity index (χ0n) is 16.4. The fraction of sp³-hybridized carbons (Fsp3) is 0.391. The SMILES string of the molecule is Cc1ccc(C2=NO[C@H](CN(Cc3ccccc3)C(=O)CC(C)C)C2)cc1. The fourth-order valence-corrected chi connectivity index (χ4v) is 3.23. The predicted molar refractivity (Wildman–Crippen MR) is 109 cm³/mol. The van der Waals surface area contributed by atoms with Crippen molar-refractivity contribution in [3.8, 4) is 0 Å². The minimum Gasteiger partial charge on any atom is -0.390 e. The maximum Gasteiger partial charge on any atom is 0.223 e. The van der Waals surface area contributed by atoms with Crippen LogP contribution in [0.1, 0.15) is 43.4 Å². The van der Waals surface area contributed by atoms with Crippen LogP contribution in [-0.4, -0.2) is 29.2 Å². The third-order valence-corrected chi connectivity index (χ3v) is 4.69. The largest absolute Gasteiger partial charge is 0.390 e. The van der Waals surface area contributed by atoms with E-state index in [1.165, 1.54) is 5.56 Å². The average Bonchev–Trinajstić information content (AvgIpc) is 3.10. The van der Waals surface area contributed by atoms with E-state index in [9.17, 15) is 4.79 Å². The normalized spacial score (nSPS) is 16.1. The zero-order valence-corrected chi connectivity index (χ0v) is 16.4. The van der Waals surface area contributed by atoms with Crippen LogP contribution in [0, 0.1) is 12.8 Å². The van der Waals surface area contributed by atoms with Gasteiger partial charge in [0.1, 0.15) is 0 Å². The Morgan fingerprint density at radius 3 is 2.52 bits per heavy atom. The molecular weight excluding hydrogens is 336 g/mol. The number of rotatable bonds is 7. The van der Waals surface area contributed by atoms with Crippen LogP contribution in [0.5, 0.6) is 0 Å². The van der Waals surface area contributed by atoms with Gasteiger partial charge in [0, 0.05) is 19.4 Å². The molecule has 0 aliphatic carbocycles. The minimum absolute atomic E-state index is 0.0962. The molecule has 1 heterocycles. The highest BCUT2D eigenvalue weighted by Gasteiger charge is 2.27. The molecule has 0 unspecified atom stereocenters. The number of hydrogen-bond acceptors (Lipinski definition) is 3. The zero-order chi connectivity index (χ0) is 19.2. The highest BCUT2D eigenvalue weighted by molar-refractivity contribution is 6.01. The molecule has 0 aromatic heterocycles. The highest BCUT2D eigenvalue weighted by atomic mass is 16.6. The van der Waals surface area contributed by atoms with Crippen LogP contribution in [0.2, 0.25) is 0 Å². The molecule has 0 radical (unpaired) electrons. The molecule has 0 saturated carbocycles. The van der Waals surface area contributed by atoms with E-state index in [0.717, 1.165) is 23.3 Å². The Kier molecular flexibility index (Phi) is 6.28. The van der Waals surface area contributed by atoms with Crippen LogP contribution >= 0.6 is 0 Å². The van der Waals surface area contributed by atoms with Crippen molar-refractivity contribution in [2.24, 2.45) is 11.1 Å². The number of aryl methyl sites for hydroxylation is 1. The van der Waals surface area contributed by atoms with E-state index in [-0.39, 0.29) is 12.0 Å². The summed E-state index contributed by atoms with van der Waals surface area (Å²) in [5.41, 5.74) is 4.40. The summed E-state index contributed by atoms with van der Waals surface area (Å²) >= 11 is 0. The van der Waals surface area contributed by atoms with Crippen molar-refractivity contribution < 1.29 is 9.63 Å². The van der Waals surface area contributed by atoms with Crippen molar-refractivity contribution in [3.63, 3.8) is 0 Å². The predicted octanol–water partition coefficient (Wildman–Crippen LogP) is 4.56. The number of benzene rings is 2. The van der Waals surface area contributed by atoms with E-state index in [1.54, 1.807) is 0 Å². The maximum absolute atomic E-state index is 12.8. The first-order valence-corrected chi connectivity index (χ1v) is 9.62. The first-order valence-electron chi connectivity index (χ1n) is 9.62. The van der Waals surface area contributed by atoms with E-state index in [0.29, 0.717) is 25.4 Å². The summed E-state index contributed by atoms with van der Waals surface area (Å²) in [4.78, 5) is 20.3. The number of amides is 1. The molecule has 4 nitrogen and oxygen atoms in total. The molecule has 1 aliphatic heterocycles. The second-order valence-electron chi connectivity index (χ2n) is 7.69. The Morgan fingerprint density at radius 2 is 1.85 bits per heavy atom. The second-order valence-corrected chi connectivity index (χ2v) is 7.69. The van der Waals surface area contributed by atoms with Gasteiger partial charge in [-0.25, -0.2) is 0 Å². The van der Waals surface area contributed by atoms with Gasteiger partial charge in [0.25, 0.3) is 0 Å². The first kappa shape index (κ1) is 19.2. The van der Waals surface area contributed by atoms with Crippen LogP contribution in [-0.2, 0) is 16.2 Å². The minimum atomic E-state index is -0.0962. The molecule has 0 saturated heterocycles. The van der Waals surface area contributed by atoms with Gasteiger partial charge in [0.15, 0.2) is 6.10 Å². The summed E-state index contributed by atoms with van der Waals surface area (Å²) in [6.45, 7) is 7.37. The van der Waals surface area contributed by atoms with Crippen LogP contribution < -0.4 is 0 Å². The Balaban J connectivity index is 1.65. The quantitative estimate of drug-likeness (QED) is 0.722. The third kappa shape index (κ3) is 5.43. The van der Waals surface area contributed by atoms with Gasteiger partial charge in [-0.1, -0.05) is 79.2 Å². The molecule has 0 fully saturated rings. The van der Waals surface area contributed by atoms with Crippen molar-refractivity contribution in [1.29, 1.82) is 0 Å². The lowest BCUT2D eigenvalue weighted by molar-refractivity contribution is -0.134. The molecule has 2 aromatic carbocycles. The summed E-state index contributed by atoms with van der Waals surface area (Å²) in [6, 6.07) is 18.4. The summed E-state index contributed by atoms with van der Waals surface area (Å²) in [5, 5.41) is 4.28. The molecule has 0 N–H and O–H groups in total. The van der Waals surface area contributed by atoms with Gasteiger partial charge in [0.2, 0.25) is 5.91 Å². The smallest absolute Gasteiger partial charge is 0.223 e. The molecule has 0 spiro atoms. The van der Waals surface area contributed by atoms with Gasteiger partial charge in [0.05, 0.1) is 12.3 Å². The van der Waals surface area contributed by atoms with Gasteiger partial charge < -0.3 is 9.74 Å². The van der Waals surface area contributed by atoms with Crippen molar-refractivity contribution in [3.05, 3.63) is 71.3 Å². The topological polar surface area (TPSA) is 41.9 Å². The van der Waals surface area contributed by atoms with Crippen molar-refractivity contribution >= 4 is 11.6 Å². The van der Waals surface area contributed by atoms with E-state index in [4.69, 9.17) is 4.84 Å². The first-order chi connectivity index (χ1) is 13.0. The number of hydrogen-bond donors (Lipinski definition) is 0. The highest BCUT2D eigenvalue weighted by Crippen LogP contribution is 2.20.